The number of nitrogens with zero attached hydrogens (tertiary/aromatic N) is 1. The summed E-state index contributed by atoms with van der Waals surface area (Å²) < 4.78 is 5.06. The Kier molecular flexibility index (Phi) is 4.54. The molecule has 0 spiro atoms. The van der Waals surface area contributed by atoms with Crippen molar-refractivity contribution < 1.29 is 19.1 Å². The van der Waals surface area contributed by atoms with E-state index in [0.717, 1.165) is 4.90 Å². The Morgan fingerprint density at radius 3 is 2.44 bits per heavy atom. The third-order valence-electron chi connectivity index (χ3n) is 3.59. The Balaban J connectivity index is 1.99. The Bertz CT molecular complexity index is 890. The first-order valence-electron chi connectivity index (χ1n) is 7.30. The van der Waals surface area contributed by atoms with Gasteiger partial charge in [-0.3, -0.25) is 14.9 Å². The molecule has 0 atom stereocenters. The first kappa shape index (κ1) is 16.7. The van der Waals surface area contributed by atoms with E-state index < -0.39 is 17.8 Å². The number of anilines is 1. The van der Waals surface area contributed by atoms with E-state index in [9.17, 15) is 14.4 Å². The van der Waals surface area contributed by atoms with E-state index >= 15 is 0 Å². The highest BCUT2D eigenvalue weighted by Crippen LogP contribution is 2.24. The molecule has 3 rings (SSSR count). The van der Waals surface area contributed by atoms with Crippen molar-refractivity contribution in [3.63, 3.8) is 0 Å². The molecule has 1 heterocycles. The van der Waals surface area contributed by atoms with Crippen LogP contribution in [-0.2, 0) is 9.59 Å². The molecule has 2 aromatic carbocycles. The molecule has 126 valence electrons. The quantitative estimate of drug-likeness (QED) is 0.677. The second-order valence-electron chi connectivity index (χ2n) is 5.21. The van der Waals surface area contributed by atoms with Gasteiger partial charge >= 0.3 is 6.03 Å². The van der Waals surface area contributed by atoms with Crippen LogP contribution in [0.1, 0.15) is 5.56 Å². The van der Waals surface area contributed by atoms with Crippen molar-refractivity contribution in [1.82, 2.24) is 5.32 Å². The summed E-state index contributed by atoms with van der Waals surface area (Å²) in [5.74, 6) is -0.877. The zero-order chi connectivity index (χ0) is 18.0. The predicted octanol–water partition coefficient (Wildman–Crippen LogP) is 3.02. The maximum absolute atomic E-state index is 12.7. The van der Waals surface area contributed by atoms with Crippen LogP contribution in [0.4, 0.5) is 10.5 Å². The van der Waals surface area contributed by atoms with Crippen LogP contribution in [0.2, 0.25) is 5.02 Å². The van der Waals surface area contributed by atoms with Crippen molar-refractivity contribution in [2.45, 2.75) is 0 Å². The highest BCUT2D eigenvalue weighted by molar-refractivity contribution is 6.39. The van der Waals surface area contributed by atoms with Gasteiger partial charge in [0.05, 0.1) is 12.8 Å². The Morgan fingerprint density at radius 1 is 1.08 bits per heavy atom. The number of hydrogen-bond donors (Lipinski definition) is 1. The second-order valence-corrected chi connectivity index (χ2v) is 5.65. The van der Waals surface area contributed by atoms with E-state index in [0.29, 0.717) is 22.0 Å². The summed E-state index contributed by atoms with van der Waals surface area (Å²) in [6.07, 6.45) is 1.40. The topological polar surface area (TPSA) is 75.7 Å². The van der Waals surface area contributed by atoms with Crippen LogP contribution in [0.15, 0.2) is 54.1 Å². The molecule has 2 aromatic rings. The number of amides is 4. The van der Waals surface area contributed by atoms with Gasteiger partial charge in [-0.25, -0.2) is 9.69 Å². The molecule has 6 nitrogen and oxygen atoms in total. The smallest absolute Gasteiger partial charge is 0.335 e. The molecule has 0 aromatic heterocycles. The predicted molar refractivity (Wildman–Crippen MR) is 93.4 cm³/mol. The van der Waals surface area contributed by atoms with Gasteiger partial charge in [0.2, 0.25) is 0 Å². The van der Waals surface area contributed by atoms with Gasteiger partial charge < -0.3 is 4.74 Å². The number of rotatable bonds is 3. The number of nitrogens with one attached hydrogen (secondary N) is 1. The van der Waals surface area contributed by atoms with Gasteiger partial charge in [0.15, 0.2) is 0 Å². The van der Waals surface area contributed by atoms with E-state index in [1.54, 1.807) is 48.5 Å². The number of halogens is 1. The number of ether oxygens (including phenoxy) is 1. The summed E-state index contributed by atoms with van der Waals surface area (Å²) in [7, 11) is 1.51. The zero-order valence-electron chi connectivity index (χ0n) is 13.2. The number of carbonyl (C=O) groups is 3. The third kappa shape index (κ3) is 3.39. The number of barbiturate groups is 1. The van der Waals surface area contributed by atoms with Crippen LogP contribution in [0, 0.1) is 0 Å². The lowest BCUT2D eigenvalue weighted by Gasteiger charge is -2.26. The van der Waals surface area contributed by atoms with E-state index in [1.165, 1.54) is 13.2 Å². The average Bonchev–Trinajstić information content (AvgIpc) is 2.59. The lowest BCUT2D eigenvalue weighted by molar-refractivity contribution is -0.122. The van der Waals surface area contributed by atoms with Crippen LogP contribution in [0.5, 0.6) is 5.75 Å². The maximum atomic E-state index is 12.7. The van der Waals surface area contributed by atoms with Gasteiger partial charge in [0.25, 0.3) is 11.8 Å². The summed E-state index contributed by atoms with van der Waals surface area (Å²) in [4.78, 5) is 37.8. The van der Waals surface area contributed by atoms with Crippen molar-refractivity contribution in [3.05, 3.63) is 64.7 Å². The van der Waals surface area contributed by atoms with Crippen molar-refractivity contribution >= 4 is 41.2 Å². The Labute approximate surface area is 148 Å². The van der Waals surface area contributed by atoms with Crippen LogP contribution in [0.3, 0.4) is 0 Å². The van der Waals surface area contributed by atoms with Crippen molar-refractivity contribution in [3.8, 4) is 5.75 Å². The molecular formula is C18H13ClN2O4. The molecule has 1 aliphatic heterocycles. The second kappa shape index (κ2) is 6.78. The van der Waals surface area contributed by atoms with E-state index in [-0.39, 0.29) is 5.57 Å². The van der Waals surface area contributed by atoms with Crippen molar-refractivity contribution in [1.29, 1.82) is 0 Å². The SMILES string of the molecule is COc1ccc(N2C(=O)NC(=O)/C(=C\c3cccc(Cl)c3)C2=O)cc1. The van der Waals surface area contributed by atoms with Crippen LogP contribution in [-0.4, -0.2) is 25.0 Å². The normalized spacial score (nSPS) is 16.2. The molecule has 1 N–H and O–H groups in total. The molecule has 1 aliphatic rings. The molecule has 1 saturated heterocycles. The van der Waals surface area contributed by atoms with Crippen LogP contribution in [0.25, 0.3) is 6.08 Å². The molecule has 0 saturated carbocycles. The highest BCUT2D eigenvalue weighted by atomic mass is 35.5. The number of imide groups is 2. The van der Waals surface area contributed by atoms with Gasteiger partial charge in [-0.15, -0.1) is 0 Å². The van der Waals surface area contributed by atoms with Crippen molar-refractivity contribution in [2.75, 3.05) is 12.0 Å². The molecule has 4 amide bonds. The van der Waals surface area contributed by atoms with Gasteiger partial charge in [-0.1, -0.05) is 23.7 Å². The summed E-state index contributed by atoms with van der Waals surface area (Å²) >= 11 is 5.92. The summed E-state index contributed by atoms with van der Waals surface area (Å²) in [5, 5.41) is 2.64. The number of benzene rings is 2. The van der Waals surface area contributed by atoms with Gasteiger partial charge in [-0.05, 0) is 48.0 Å². The van der Waals surface area contributed by atoms with Crippen molar-refractivity contribution in [2.24, 2.45) is 0 Å². The van der Waals surface area contributed by atoms with Crippen LogP contribution >= 0.6 is 11.6 Å². The fraction of sp³-hybridized carbons (Fsp3) is 0.0556. The molecule has 0 bridgehead atoms. The van der Waals surface area contributed by atoms with Crippen LogP contribution < -0.4 is 15.0 Å². The molecule has 0 aliphatic carbocycles. The van der Waals surface area contributed by atoms with E-state index in [4.69, 9.17) is 16.3 Å². The highest BCUT2D eigenvalue weighted by Gasteiger charge is 2.36. The molecule has 7 heteroatoms. The Hall–Kier alpha value is -3.12. The molecule has 1 fully saturated rings. The van der Waals surface area contributed by atoms with E-state index in [2.05, 4.69) is 5.32 Å². The third-order valence-corrected chi connectivity index (χ3v) is 3.83. The first-order valence-corrected chi connectivity index (χ1v) is 7.68. The largest absolute Gasteiger partial charge is 0.497 e. The lowest BCUT2D eigenvalue weighted by atomic mass is 10.1. The van der Waals surface area contributed by atoms with Gasteiger partial charge in [0, 0.05) is 5.02 Å². The minimum atomic E-state index is -0.802. The lowest BCUT2D eigenvalue weighted by Crippen LogP contribution is -2.54. The van der Waals surface area contributed by atoms with Gasteiger partial charge in [-0.2, -0.15) is 0 Å². The van der Waals surface area contributed by atoms with Gasteiger partial charge in [0.1, 0.15) is 11.3 Å². The molecule has 0 unspecified atom stereocenters. The number of hydrogen-bond acceptors (Lipinski definition) is 4. The minimum Gasteiger partial charge on any atom is -0.497 e. The summed E-state index contributed by atoms with van der Waals surface area (Å²) in [6, 6.07) is 12.2. The minimum absolute atomic E-state index is 0.155. The summed E-state index contributed by atoms with van der Waals surface area (Å²) in [5.41, 5.74) is 0.750. The first-order chi connectivity index (χ1) is 12.0. The number of carbonyl (C=O) groups excluding carboxylic acids is 3. The number of methoxy groups -OCH3 is 1. The average molecular weight is 357 g/mol. The molecule has 25 heavy (non-hydrogen) atoms. The maximum Gasteiger partial charge on any atom is 0.335 e. The summed E-state index contributed by atoms with van der Waals surface area (Å²) in [6.45, 7) is 0. The zero-order valence-corrected chi connectivity index (χ0v) is 13.9. The molecule has 0 radical (unpaired) electrons. The molecular weight excluding hydrogens is 344 g/mol. The number of urea groups is 1. The Morgan fingerprint density at radius 2 is 1.80 bits per heavy atom. The van der Waals surface area contributed by atoms with E-state index in [1.807, 2.05) is 0 Å². The fourth-order valence-corrected chi connectivity index (χ4v) is 2.59. The standard InChI is InChI=1S/C18H13ClN2O4/c1-25-14-7-5-13(6-8-14)21-17(23)15(16(22)20-18(21)24)10-11-3-2-4-12(19)9-11/h2-10H,1H3,(H,20,22,24)/b15-10+. The fourth-order valence-electron chi connectivity index (χ4n) is 2.39. The monoisotopic (exact) mass is 356 g/mol.